The minimum atomic E-state index is -0.346. The van der Waals surface area contributed by atoms with Crippen molar-refractivity contribution < 1.29 is 4.92 Å². The topological polar surface area (TPSA) is 43.1 Å². The molecule has 1 saturated carbocycles. The van der Waals surface area contributed by atoms with Crippen molar-refractivity contribution in [3.63, 3.8) is 0 Å². The lowest BCUT2D eigenvalue weighted by Gasteiger charge is -2.07. The fraction of sp³-hybridized carbons (Fsp3) is 0.538. The summed E-state index contributed by atoms with van der Waals surface area (Å²) >= 11 is 0. The molecule has 2 rings (SSSR count). The standard InChI is InChI=1S/C13H17NO2/c15-14(16)13-9-7-12(8-10-13)6-5-11-3-1-2-4-11/h7-11H,1-6H2. The summed E-state index contributed by atoms with van der Waals surface area (Å²) in [5.41, 5.74) is 1.40. The number of hydrogen-bond acceptors (Lipinski definition) is 2. The van der Waals surface area contributed by atoms with Crippen molar-refractivity contribution in [3.8, 4) is 0 Å². The summed E-state index contributed by atoms with van der Waals surface area (Å²) < 4.78 is 0. The average molecular weight is 219 g/mol. The quantitative estimate of drug-likeness (QED) is 0.572. The van der Waals surface area contributed by atoms with Gasteiger partial charge in [-0.15, -0.1) is 0 Å². The Morgan fingerprint density at radius 2 is 1.81 bits per heavy atom. The predicted octanol–water partition coefficient (Wildman–Crippen LogP) is 3.72. The van der Waals surface area contributed by atoms with Gasteiger partial charge in [-0.25, -0.2) is 0 Å². The van der Waals surface area contributed by atoms with E-state index in [0.29, 0.717) is 0 Å². The second-order valence-electron chi connectivity index (χ2n) is 4.61. The molecule has 0 spiro atoms. The van der Waals surface area contributed by atoms with E-state index in [1.807, 2.05) is 12.1 Å². The van der Waals surface area contributed by atoms with Gasteiger partial charge in [0.2, 0.25) is 0 Å². The van der Waals surface area contributed by atoms with Crippen molar-refractivity contribution in [3.05, 3.63) is 39.9 Å². The highest BCUT2D eigenvalue weighted by molar-refractivity contribution is 5.32. The van der Waals surface area contributed by atoms with E-state index in [2.05, 4.69) is 0 Å². The Morgan fingerprint density at radius 1 is 1.19 bits per heavy atom. The molecule has 0 radical (unpaired) electrons. The molecule has 0 amide bonds. The number of nitrogens with zero attached hydrogens (tertiary/aromatic N) is 1. The predicted molar refractivity (Wildman–Crippen MR) is 63.4 cm³/mol. The Balaban J connectivity index is 1.87. The highest BCUT2D eigenvalue weighted by atomic mass is 16.6. The molecule has 1 aliphatic rings. The van der Waals surface area contributed by atoms with Crippen molar-refractivity contribution in [2.75, 3.05) is 0 Å². The largest absolute Gasteiger partial charge is 0.269 e. The number of hydrogen-bond donors (Lipinski definition) is 0. The lowest BCUT2D eigenvalue weighted by molar-refractivity contribution is -0.384. The van der Waals surface area contributed by atoms with E-state index in [1.54, 1.807) is 12.1 Å². The second-order valence-corrected chi connectivity index (χ2v) is 4.61. The molecule has 0 N–H and O–H groups in total. The van der Waals surface area contributed by atoms with Gasteiger partial charge < -0.3 is 0 Å². The van der Waals surface area contributed by atoms with E-state index < -0.39 is 0 Å². The third kappa shape index (κ3) is 2.81. The Morgan fingerprint density at radius 3 is 2.38 bits per heavy atom. The first-order valence-electron chi connectivity index (χ1n) is 5.99. The monoisotopic (exact) mass is 219 g/mol. The molecule has 1 aliphatic carbocycles. The molecular formula is C13H17NO2. The van der Waals surface area contributed by atoms with Crippen LogP contribution in [-0.2, 0) is 6.42 Å². The fourth-order valence-electron chi connectivity index (χ4n) is 2.45. The van der Waals surface area contributed by atoms with Crippen LogP contribution in [-0.4, -0.2) is 4.92 Å². The lowest BCUT2D eigenvalue weighted by atomic mass is 9.98. The van der Waals surface area contributed by atoms with E-state index >= 15 is 0 Å². The number of nitro benzene ring substituents is 1. The maximum absolute atomic E-state index is 10.5. The van der Waals surface area contributed by atoms with Gasteiger partial charge in [0.25, 0.3) is 5.69 Å². The Hall–Kier alpha value is -1.38. The molecule has 0 aliphatic heterocycles. The molecule has 1 aromatic rings. The first-order chi connectivity index (χ1) is 7.75. The normalized spacial score (nSPS) is 16.5. The number of benzene rings is 1. The maximum atomic E-state index is 10.5. The maximum Gasteiger partial charge on any atom is 0.269 e. The summed E-state index contributed by atoms with van der Waals surface area (Å²) in [6.45, 7) is 0. The van der Waals surface area contributed by atoms with E-state index in [9.17, 15) is 10.1 Å². The summed E-state index contributed by atoms with van der Waals surface area (Å²) in [5, 5.41) is 10.5. The van der Waals surface area contributed by atoms with Crippen LogP contribution in [0.25, 0.3) is 0 Å². The minimum Gasteiger partial charge on any atom is -0.258 e. The van der Waals surface area contributed by atoms with E-state index in [4.69, 9.17) is 0 Å². The third-order valence-corrected chi connectivity index (χ3v) is 3.46. The van der Waals surface area contributed by atoms with Gasteiger partial charge in [0.15, 0.2) is 0 Å². The first kappa shape index (κ1) is 11.1. The van der Waals surface area contributed by atoms with Gasteiger partial charge >= 0.3 is 0 Å². The van der Waals surface area contributed by atoms with Gasteiger partial charge in [0.1, 0.15) is 0 Å². The molecular weight excluding hydrogens is 202 g/mol. The lowest BCUT2D eigenvalue weighted by Crippen LogP contribution is -1.96. The van der Waals surface area contributed by atoms with E-state index in [1.165, 1.54) is 37.7 Å². The SMILES string of the molecule is O=[N+]([O-])c1ccc(CCC2CCCC2)cc1. The van der Waals surface area contributed by atoms with Crippen molar-refractivity contribution in [1.82, 2.24) is 0 Å². The van der Waals surface area contributed by atoms with Crippen LogP contribution >= 0.6 is 0 Å². The van der Waals surface area contributed by atoms with Gasteiger partial charge in [-0.2, -0.15) is 0 Å². The molecule has 86 valence electrons. The third-order valence-electron chi connectivity index (χ3n) is 3.46. The zero-order valence-electron chi connectivity index (χ0n) is 9.39. The molecule has 0 heterocycles. The van der Waals surface area contributed by atoms with Crippen LogP contribution in [0.3, 0.4) is 0 Å². The minimum absolute atomic E-state index is 0.185. The molecule has 0 aromatic heterocycles. The molecule has 3 heteroatoms. The summed E-state index contributed by atoms with van der Waals surface area (Å²) in [5.74, 6) is 0.884. The summed E-state index contributed by atoms with van der Waals surface area (Å²) in [7, 11) is 0. The van der Waals surface area contributed by atoms with Gasteiger partial charge in [0, 0.05) is 12.1 Å². The van der Waals surface area contributed by atoms with E-state index in [0.717, 1.165) is 12.3 Å². The van der Waals surface area contributed by atoms with E-state index in [-0.39, 0.29) is 10.6 Å². The number of nitro groups is 1. The Labute approximate surface area is 95.6 Å². The molecule has 0 atom stereocenters. The highest BCUT2D eigenvalue weighted by Crippen LogP contribution is 2.28. The van der Waals surface area contributed by atoms with Crippen LogP contribution in [0.15, 0.2) is 24.3 Å². The first-order valence-corrected chi connectivity index (χ1v) is 5.99. The van der Waals surface area contributed by atoms with Crippen molar-refractivity contribution in [1.29, 1.82) is 0 Å². The van der Waals surface area contributed by atoms with Crippen LogP contribution in [0.1, 0.15) is 37.7 Å². The van der Waals surface area contributed by atoms with Gasteiger partial charge in [0.05, 0.1) is 4.92 Å². The summed E-state index contributed by atoms with van der Waals surface area (Å²) in [6.07, 6.45) is 7.79. The zero-order chi connectivity index (χ0) is 11.4. The van der Waals surface area contributed by atoms with Crippen LogP contribution in [0.2, 0.25) is 0 Å². The smallest absolute Gasteiger partial charge is 0.258 e. The van der Waals surface area contributed by atoms with Gasteiger partial charge in [-0.05, 0) is 24.3 Å². The molecule has 0 unspecified atom stereocenters. The molecule has 0 saturated heterocycles. The fourth-order valence-corrected chi connectivity index (χ4v) is 2.45. The van der Waals surface area contributed by atoms with Crippen LogP contribution in [0, 0.1) is 16.0 Å². The molecule has 16 heavy (non-hydrogen) atoms. The molecule has 0 bridgehead atoms. The van der Waals surface area contributed by atoms with Crippen molar-refractivity contribution in [2.24, 2.45) is 5.92 Å². The van der Waals surface area contributed by atoms with Crippen molar-refractivity contribution in [2.45, 2.75) is 38.5 Å². The van der Waals surface area contributed by atoms with Crippen molar-refractivity contribution >= 4 is 5.69 Å². The Bertz CT molecular complexity index is 353. The number of aryl methyl sites for hydroxylation is 1. The molecule has 1 aromatic carbocycles. The Kier molecular flexibility index (Phi) is 3.54. The molecule has 1 fully saturated rings. The van der Waals surface area contributed by atoms with Crippen LogP contribution in [0.5, 0.6) is 0 Å². The van der Waals surface area contributed by atoms with Crippen LogP contribution in [0.4, 0.5) is 5.69 Å². The highest BCUT2D eigenvalue weighted by Gasteiger charge is 2.14. The number of non-ortho nitro benzene ring substituents is 1. The summed E-state index contributed by atoms with van der Waals surface area (Å²) in [4.78, 5) is 10.1. The van der Waals surface area contributed by atoms with Crippen LogP contribution < -0.4 is 0 Å². The second kappa shape index (κ2) is 5.10. The zero-order valence-corrected chi connectivity index (χ0v) is 9.39. The number of rotatable bonds is 4. The molecule has 3 nitrogen and oxygen atoms in total. The average Bonchev–Trinajstić information content (AvgIpc) is 2.80. The summed E-state index contributed by atoms with van der Waals surface area (Å²) in [6, 6.07) is 6.97. The van der Waals surface area contributed by atoms with Gasteiger partial charge in [-0.3, -0.25) is 10.1 Å². The van der Waals surface area contributed by atoms with Gasteiger partial charge in [-0.1, -0.05) is 37.8 Å².